The predicted molar refractivity (Wildman–Crippen MR) is 76.7 cm³/mol. The van der Waals surface area contributed by atoms with E-state index in [2.05, 4.69) is 0 Å². The Morgan fingerprint density at radius 1 is 1.21 bits per heavy atom. The SMILES string of the molecule is N#Cc1ccc(-c2ccc(SCCO)c(Cl)c2Cl)o1. The monoisotopic (exact) mass is 313 g/mol. The van der Waals surface area contributed by atoms with Crippen LogP contribution in [0, 0.1) is 11.3 Å². The summed E-state index contributed by atoms with van der Waals surface area (Å²) in [6, 6.07) is 8.77. The zero-order valence-electron chi connectivity index (χ0n) is 9.69. The van der Waals surface area contributed by atoms with Crippen molar-refractivity contribution in [3.8, 4) is 17.4 Å². The molecule has 1 heterocycles. The summed E-state index contributed by atoms with van der Waals surface area (Å²) in [6.45, 7) is 0.0735. The van der Waals surface area contributed by atoms with Gasteiger partial charge in [0, 0.05) is 16.2 Å². The molecular formula is C13H9Cl2NO2S. The van der Waals surface area contributed by atoms with Gasteiger partial charge in [0.15, 0.2) is 0 Å². The maximum atomic E-state index is 8.81. The van der Waals surface area contributed by atoms with Crippen LogP contribution in [0.5, 0.6) is 0 Å². The summed E-state index contributed by atoms with van der Waals surface area (Å²) in [5.74, 6) is 1.28. The number of furan rings is 1. The number of nitrogens with zero attached hydrogens (tertiary/aromatic N) is 1. The van der Waals surface area contributed by atoms with Crippen LogP contribution in [-0.4, -0.2) is 17.5 Å². The molecule has 0 unspecified atom stereocenters. The Bertz CT molecular complexity index is 634. The van der Waals surface area contributed by atoms with Crippen LogP contribution in [0.1, 0.15) is 5.76 Å². The largest absolute Gasteiger partial charge is 0.446 e. The van der Waals surface area contributed by atoms with Crippen LogP contribution in [0.25, 0.3) is 11.3 Å². The summed E-state index contributed by atoms with van der Waals surface area (Å²) in [5.41, 5.74) is 0.640. The van der Waals surface area contributed by atoms with E-state index in [1.165, 1.54) is 11.8 Å². The van der Waals surface area contributed by atoms with E-state index in [-0.39, 0.29) is 12.4 Å². The number of hydrogen-bond donors (Lipinski definition) is 1. The Morgan fingerprint density at radius 2 is 2.00 bits per heavy atom. The van der Waals surface area contributed by atoms with Gasteiger partial charge in [-0.2, -0.15) is 5.26 Å². The molecule has 0 aliphatic carbocycles. The van der Waals surface area contributed by atoms with E-state index >= 15 is 0 Å². The maximum Gasteiger partial charge on any atom is 0.204 e. The molecule has 0 bridgehead atoms. The van der Waals surface area contributed by atoms with E-state index in [0.717, 1.165) is 4.90 Å². The first-order chi connectivity index (χ1) is 9.17. The van der Waals surface area contributed by atoms with Crippen LogP contribution in [0.15, 0.2) is 33.6 Å². The van der Waals surface area contributed by atoms with E-state index in [1.54, 1.807) is 18.2 Å². The highest BCUT2D eigenvalue weighted by molar-refractivity contribution is 7.99. The number of nitriles is 1. The van der Waals surface area contributed by atoms with Crippen molar-refractivity contribution < 1.29 is 9.52 Å². The number of benzene rings is 1. The average molecular weight is 314 g/mol. The molecule has 1 aromatic carbocycles. The van der Waals surface area contributed by atoms with Gasteiger partial charge in [0.05, 0.1) is 16.7 Å². The molecule has 0 radical (unpaired) electrons. The molecule has 0 spiro atoms. The molecule has 0 saturated heterocycles. The van der Waals surface area contributed by atoms with Gasteiger partial charge in [-0.25, -0.2) is 0 Å². The van der Waals surface area contributed by atoms with Crippen LogP contribution in [-0.2, 0) is 0 Å². The maximum absolute atomic E-state index is 8.81. The molecular weight excluding hydrogens is 305 g/mol. The second kappa shape index (κ2) is 6.36. The lowest BCUT2D eigenvalue weighted by Gasteiger charge is -2.08. The van der Waals surface area contributed by atoms with Crippen molar-refractivity contribution in [3.63, 3.8) is 0 Å². The number of hydrogen-bond acceptors (Lipinski definition) is 4. The number of halogens is 2. The molecule has 19 heavy (non-hydrogen) atoms. The third kappa shape index (κ3) is 3.07. The lowest BCUT2D eigenvalue weighted by Crippen LogP contribution is -1.87. The van der Waals surface area contributed by atoms with E-state index < -0.39 is 0 Å². The van der Waals surface area contributed by atoms with Crippen LogP contribution < -0.4 is 0 Å². The Hall–Kier alpha value is -1.12. The molecule has 2 aromatic rings. The van der Waals surface area contributed by atoms with E-state index in [4.69, 9.17) is 38.0 Å². The van der Waals surface area contributed by atoms with Crippen molar-refractivity contribution in [1.82, 2.24) is 0 Å². The number of rotatable bonds is 4. The summed E-state index contributed by atoms with van der Waals surface area (Å²) in [7, 11) is 0. The third-order valence-electron chi connectivity index (χ3n) is 2.38. The fourth-order valence-electron chi connectivity index (χ4n) is 1.53. The minimum absolute atomic E-state index is 0.0735. The Morgan fingerprint density at radius 3 is 2.63 bits per heavy atom. The van der Waals surface area contributed by atoms with Gasteiger partial charge in [-0.1, -0.05) is 23.2 Å². The van der Waals surface area contributed by atoms with Crippen LogP contribution in [0.3, 0.4) is 0 Å². The smallest absolute Gasteiger partial charge is 0.204 e. The molecule has 1 N–H and O–H groups in total. The van der Waals surface area contributed by atoms with Crippen molar-refractivity contribution >= 4 is 35.0 Å². The van der Waals surface area contributed by atoms with Crippen molar-refractivity contribution in [2.75, 3.05) is 12.4 Å². The highest BCUT2D eigenvalue weighted by Gasteiger charge is 2.14. The van der Waals surface area contributed by atoms with Gasteiger partial charge >= 0.3 is 0 Å². The van der Waals surface area contributed by atoms with E-state index in [0.29, 0.717) is 27.1 Å². The molecule has 0 aliphatic heterocycles. The minimum atomic E-state index is 0.0735. The molecule has 6 heteroatoms. The Balaban J connectivity index is 2.38. The molecule has 0 amide bonds. The quantitative estimate of drug-likeness (QED) is 0.859. The van der Waals surface area contributed by atoms with Gasteiger partial charge in [0.2, 0.25) is 5.76 Å². The molecule has 0 saturated carbocycles. The van der Waals surface area contributed by atoms with Gasteiger partial charge in [-0.05, 0) is 24.3 Å². The highest BCUT2D eigenvalue weighted by Crippen LogP contribution is 2.40. The summed E-state index contributed by atoms with van der Waals surface area (Å²) in [4.78, 5) is 0.802. The fourth-order valence-corrected chi connectivity index (χ4v) is 2.88. The summed E-state index contributed by atoms with van der Waals surface area (Å²) >= 11 is 13.8. The van der Waals surface area contributed by atoms with Crippen molar-refractivity contribution in [2.45, 2.75) is 4.90 Å². The number of aliphatic hydroxyl groups is 1. The standard InChI is InChI=1S/C13H9Cl2NO2S/c14-12-9(10-3-1-8(7-16)18-10)2-4-11(13(12)15)19-6-5-17/h1-4,17H,5-6H2. The molecule has 0 atom stereocenters. The molecule has 0 aliphatic rings. The summed E-state index contributed by atoms with van der Waals surface area (Å²) < 4.78 is 5.32. The van der Waals surface area contributed by atoms with Crippen LogP contribution >= 0.6 is 35.0 Å². The van der Waals surface area contributed by atoms with Gasteiger partial charge < -0.3 is 9.52 Å². The zero-order chi connectivity index (χ0) is 13.8. The van der Waals surface area contributed by atoms with E-state index in [1.807, 2.05) is 12.1 Å². The van der Waals surface area contributed by atoms with Gasteiger partial charge in [0.25, 0.3) is 0 Å². The normalized spacial score (nSPS) is 10.4. The van der Waals surface area contributed by atoms with Crippen molar-refractivity contribution in [2.24, 2.45) is 0 Å². The fraction of sp³-hybridized carbons (Fsp3) is 0.154. The first kappa shape index (κ1) is 14.3. The second-order valence-corrected chi connectivity index (χ2v) is 5.48. The molecule has 98 valence electrons. The Labute approximate surface area is 124 Å². The first-order valence-electron chi connectivity index (χ1n) is 5.39. The lowest BCUT2D eigenvalue weighted by molar-refractivity contribution is 0.322. The first-order valence-corrected chi connectivity index (χ1v) is 7.13. The van der Waals surface area contributed by atoms with Crippen molar-refractivity contribution in [1.29, 1.82) is 5.26 Å². The summed E-state index contributed by atoms with van der Waals surface area (Å²) in [5, 5.41) is 18.3. The molecule has 1 aromatic heterocycles. The van der Waals surface area contributed by atoms with Crippen LogP contribution in [0.4, 0.5) is 0 Å². The van der Waals surface area contributed by atoms with Crippen LogP contribution in [0.2, 0.25) is 10.0 Å². The molecule has 0 fully saturated rings. The van der Waals surface area contributed by atoms with E-state index in [9.17, 15) is 0 Å². The van der Waals surface area contributed by atoms with Gasteiger partial charge in [0.1, 0.15) is 11.8 Å². The second-order valence-electron chi connectivity index (χ2n) is 3.59. The number of thioether (sulfide) groups is 1. The summed E-state index contributed by atoms with van der Waals surface area (Å²) in [6.07, 6.45) is 0. The average Bonchev–Trinajstić information content (AvgIpc) is 2.89. The molecule has 2 rings (SSSR count). The van der Waals surface area contributed by atoms with Crippen molar-refractivity contribution in [3.05, 3.63) is 40.1 Å². The predicted octanol–water partition coefficient (Wildman–Crippen LogP) is 4.21. The molecule has 3 nitrogen and oxygen atoms in total. The van der Waals surface area contributed by atoms with Gasteiger partial charge in [-0.3, -0.25) is 0 Å². The lowest BCUT2D eigenvalue weighted by atomic mass is 10.2. The number of aliphatic hydroxyl groups excluding tert-OH is 1. The highest BCUT2D eigenvalue weighted by atomic mass is 35.5. The van der Waals surface area contributed by atoms with Gasteiger partial charge in [-0.15, -0.1) is 11.8 Å². The topological polar surface area (TPSA) is 57.2 Å². The minimum Gasteiger partial charge on any atom is -0.446 e. The zero-order valence-corrected chi connectivity index (χ0v) is 12.0. The Kier molecular flexibility index (Phi) is 4.78. The third-order valence-corrected chi connectivity index (χ3v) is 4.41.